The van der Waals surface area contributed by atoms with Gasteiger partial charge in [-0.15, -0.1) is 0 Å². The Hall–Kier alpha value is -1.95. The van der Waals surface area contributed by atoms with Gasteiger partial charge in [-0.3, -0.25) is 0 Å². The van der Waals surface area contributed by atoms with Crippen LogP contribution in [-0.4, -0.2) is 24.4 Å². The molecule has 104 valence electrons. The first kappa shape index (κ1) is 13.5. The molecule has 0 spiro atoms. The van der Waals surface area contributed by atoms with Gasteiger partial charge in [-0.25, -0.2) is 0 Å². The molecule has 6 nitrogen and oxygen atoms in total. The van der Waals surface area contributed by atoms with Crippen molar-refractivity contribution in [2.45, 2.75) is 25.9 Å². The first-order valence-corrected chi connectivity index (χ1v) is 6.22. The molecule has 0 amide bonds. The molecule has 0 atom stereocenters. The summed E-state index contributed by atoms with van der Waals surface area (Å²) in [5.74, 6) is 1.81. The minimum atomic E-state index is 0.260. The maximum atomic E-state index is 8.37. The summed E-state index contributed by atoms with van der Waals surface area (Å²) in [6, 6.07) is 5.78. The maximum absolute atomic E-state index is 8.37. The molecule has 0 aliphatic carbocycles. The Balaban J connectivity index is 1.63. The summed E-state index contributed by atoms with van der Waals surface area (Å²) in [6.45, 7) is 1.47. The lowest BCUT2D eigenvalue weighted by molar-refractivity contribution is 0.117. The van der Waals surface area contributed by atoms with E-state index in [-0.39, 0.29) is 12.6 Å². The minimum absolute atomic E-state index is 0.260. The first-order valence-electron chi connectivity index (χ1n) is 6.22. The van der Waals surface area contributed by atoms with Crippen LogP contribution in [-0.2, 0) is 11.3 Å². The Bertz CT molecular complexity index is 448. The third kappa shape index (κ3) is 4.03. The molecule has 19 heavy (non-hydrogen) atoms. The van der Waals surface area contributed by atoms with Crippen molar-refractivity contribution in [2.24, 2.45) is 10.9 Å². The van der Waals surface area contributed by atoms with Crippen LogP contribution in [0.1, 0.15) is 24.8 Å². The quantitative estimate of drug-likeness (QED) is 0.258. The molecule has 1 aliphatic heterocycles. The molecule has 0 radical (unpaired) electrons. The number of nitrogens with zero attached hydrogens (tertiary/aromatic N) is 1. The summed E-state index contributed by atoms with van der Waals surface area (Å²) >= 11 is 0. The zero-order valence-corrected chi connectivity index (χ0v) is 10.7. The molecule has 0 saturated carbocycles. The van der Waals surface area contributed by atoms with Crippen molar-refractivity contribution in [1.82, 2.24) is 0 Å². The standard InChI is InChI=1S/C13H18N2O4/c14-13(15-16)3-1-2-6-17-8-10-4-5-11-12(7-10)19-9-18-11/h4-5,7,16H,1-3,6,8-9H2,(H2,14,15). The second-order valence-electron chi connectivity index (χ2n) is 4.29. The van der Waals surface area contributed by atoms with Gasteiger partial charge in [0.05, 0.1) is 6.61 Å². The van der Waals surface area contributed by atoms with E-state index < -0.39 is 0 Å². The SMILES string of the molecule is NC(CCCCOCc1ccc2c(c1)OCO2)=NO. The Morgan fingerprint density at radius 2 is 2.16 bits per heavy atom. The summed E-state index contributed by atoms with van der Waals surface area (Å²) in [7, 11) is 0. The average molecular weight is 266 g/mol. The summed E-state index contributed by atoms with van der Waals surface area (Å²) in [5, 5.41) is 11.3. The van der Waals surface area contributed by atoms with Gasteiger partial charge in [0.1, 0.15) is 5.84 Å². The van der Waals surface area contributed by atoms with Crippen molar-refractivity contribution in [2.75, 3.05) is 13.4 Å². The number of hydrogen-bond donors (Lipinski definition) is 2. The van der Waals surface area contributed by atoms with Gasteiger partial charge in [-0.2, -0.15) is 0 Å². The third-order valence-electron chi connectivity index (χ3n) is 2.81. The highest BCUT2D eigenvalue weighted by atomic mass is 16.7. The Labute approximate surface area is 111 Å². The van der Waals surface area contributed by atoms with E-state index in [2.05, 4.69) is 5.16 Å². The monoisotopic (exact) mass is 266 g/mol. The number of hydrogen-bond acceptors (Lipinski definition) is 5. The van der Waals surface area contributed by atoms with E-state index in [9.17, 15) is 0 Å². The number of fused-ring (bicyclic) bond motifs is 1. The lowest BCUT2D eigenvalue weighted by Gasteiger charge is -2.05. The van der Waals surface area contributed by atoms with Crippen molar-refractivity contribution in [3.63, 3.8) is 0 Å². The zero-order chi connectivity index (χ0) is 13.5. The molecule has 0 saturated heterocycles. The van der Waals surface area contributed by atoms with Crippen LogP contribution in [0.5, 0.6) is 11.5 Å². The summed E-state index contributed by atoms with van der Waals surface area (Å²) in [5.41, 5.74) is 6.42. The normalized spacial score (nSPS) is 13.8. The minimum Gasteiger partial charge on any atom is -0.454 e. The molecule has 1 aliphatic rings. The molecule has 2 rings (SSSR count). The van der Waals surface area contributed by atoms with E-state index in [1.165, 1.54) is 0 Å². The van der Waals surface area contributed by atoms with Crippen molar-refractivity contribution < 1.29 is 19.4 Å². The summed E-state index contributed by atoms with van der Waals surface area (Å²) < 4.78 is 16.1. The smallest absolute Gasteiger partial charge is 0.231 e. The fourth-order valence-corrected chi connectivity index (χ4v) is 1.78. The van der Waals surface area contributed by atoms with Gasteiger partial charge in [-0.1, -0.05) is 11.2 Å². The van der Waals surface area contributed by atoms with Gasteiger partial charge in [0.2, 0.25) is 6.79 Å². The molecule has 0 aromatic heterocycles. The number of nitrogens with two attached hydrogens (primary N) is 1. The number of benzene rings is 1. The van der Waals surface area contributed by atoms with Crippen molar-refractivity contribution in [3.8, 4) is 11.5 Å². The van der Waals surface area contributed by atoms with Gasteiger partial charge >= 0.3 is 0 Å². The zero-order valence-electron chi connectivity index (χ0n) is 10.7. The van der Waals surface area contributed by atoms with Gasteiger partial charge in [0.15, 0.2) is 11.5 Å². The van der Waals surface area contributed by atoms with Crippen LogP contribution in [0.25, 0.3) is 0 Å². The van der Waals surface area contributed by atoms with E-state index in [4.69, 9.17) is 25.2 Å². The number of amidine groups is 1. The topological polar surface area (TPSA) is 86.3 Å². The van der Waals surface area contributed by atoms with E-state index in [1.54, 1.807) is 0 Å². The third-order valence-corrected chi connectivity index (χ3v) is 2.81. The van der Waals surface area contributed by atoms with E-state index in [0.29, 0.717) is 19.6 Å². The van der Waals surface area contributed by atoms with Crippen molar-refractivity contribution in [1.29, 1.82) is 0 Å². The lowest BCUT2D eigenvalue weighted by Crippen LogP contribution is -2.11. The highest BCUT2D eigenvalue weighted by Gasteiger charge is 2.12. The Morgan fingerprint density at radius 3 is 3.00 bits per heavy atom. The number of oxime groups is 1. The molecule has 1 heterocycles. The van der Waals surface area contributed by atoms with Crippen LogP contribution in [0.15, 0.2) is 23.4 Å². The summed E-state index contributed by atoms with van der Waals surface area (Å²) in [6.07, 6.45) is 2.31. The Morgan fingerprint density at radius 1 is 1.32 bits per heavy atom. The molecule has 6 heteroatoms. The predicted octanol–water partition coefficient (Wildman–Crippen LogP) is 1.85. The summed E-state index contributed by atoms with van der Waals surface area (Å²) in [4.78, 5) is 0. The molecule has 1 aromatic carbocycles. The fourth-order valence-electron chi connectivity index (χ4n) is 1.78. The molecule has 0 fully saturated rings. The highest BCUT2D eigenvalue weighted by molar-refractivity contribution is 5.79. The number of unbranched alkanes of at least 4 members (excludes halogenated alkanes) is 1. The second kappa shape index (κ2) is 6.84. The lowest BCUT2D eigenvalue weighted by atomic mass is 10.2. The first-order chi connectivity index (χ1) is 9.29. The highest BCUT2D eigenvalue weighted by Crippen LogP contribution is 2.32. The van der Waals surface area contributed by atoms with E-state index in [0.717, 1.165) is 29.9 Å². The van der Waals surface area contributed by atoms with E-state index in [1.807, 2.05) is 18.2 Å². The van der Waals surface area contributed by atoms with Crippen LogP contribution < -0.4 is 15.2 Å². The van der Waals surface area contributed by atoms with Crippen LogP contribution in [0, 0.1) is 0 Å². The molecule has 1 aromatic rings. The van der Waals surface area contributed by atoms with Crippen LogP contribution >= 0.6 is 0 Å². The molecule has 3 N–H and O–H groups in total. The molecular weight excluding hydrogens is 248 g/mol. The molecule has 0 bridgehead atoms. The maximum Gasteiger partial charge on any atom is 0.231 e. The van der Waals surface area contributed by atoms with Gasteiger partial charge in [0.25, 0.3) is 0 Å². The average Bonchev–Trinajstić information content (AvgIpc) is 2.89. The van der Waals surface area contributed by atoms with Crippen LogP contribution in [0.2, 0.25) is 0 Å². The largest absolute Gasteiger partial charge is 0.454 e. The predicted molar refractivity (Wildman–Crippen MR) is 69.5 cm³/mol. The molecular formula is C13H18N2O4. The second-order valence-corrected chi connectivity index (χ2v) is 4.29. The molecule has 0 unspecified atom stereocenters. The van der Waals surface area contributed by atoms with Crippen LogP contribution in [0.4, 0.5) is 0 Å². The number of rotatable bonds is 7. The van der Waals surface area contributed by atoms with Gasteiger partial charge < -0.3 is 25.2 Å². The van der Waals surface area contributed by atoms with Gasteiger partial charge in [-0.05, 0) is 30.5 Å². The van der Waals surface area contributed by atoms with Gasteiger partial charge in [0, 0.05) is 13.0 Å². The number of ether oxygens (including phenoxy) is 3. The Kier molecular flexibility index (Phi) is 4.85. The van der Waals surface area contributed by atoms with E-state index >= 15 is 0 Å². The van der Waals surface area contributed by atoms with Crippen molar-refractivity contribution >= 4 is 5.84 Å². The van der Waals surface area contributed by atoms with Crippen LogP contribution in [0.3, 0.4) is 0 Å². The van der Waals surface area contributed by atoms with Crippen molar-refractivity contribution in [3.05, 3.63) is 23.8 Å². The fraction of sp³-hybridized carbons (Fsp3) is 0.462.